The van der Waals surface area contributed by atoms with Gasteiger partial charge in [0.1, 0.15) is 0 Å². The summed E-state index contributed by atoms with van der Waals surface area (Å²) >= 11 is 0. The molecule has 2 rings (SSSR count). The van der Waals surface area contributed by atoms with E-state index >= 15 is 0 Å². The number of pyridine rings is 1. The van der Waals surface area contributed by atoms with E-state index in [0.29, 0.717) is 22.9 Å². The van der Waals surface area contributed by atoms with E-state index in [4.69, 9.17) is 0 Å². The van der Waals surface area contributed by atoms with Gasteiger partial charge >= 0.3 is 0 Å². The van der Waals surface area contributed by atoms with Crippen LogP contribution in [0, 0.1) is 0 Å². The molecule has 0 aromatic carbocycles. The third-order valence-corrected chi connectivity index (χ3v) is 3.11. The number of aromatic nitrogens is 1. The first-order valence-corrected chi connectivity index (χ1v) is 5.22. The highest BCUT2D eigenvalue weighted by molar-refractivity contribution is 7.85. The van der Waals surface area contributed by atoms with Gasteiger partial charge in [0, 0.05) is 18.4 Å². The largest absolute Gasteiger partial charge is 0.324 e. The van der Waals surface area contributed by atoms with Crippen LogP contribution in [-0.2, 0) is 15.6 Å². The van der Waals surface area contributed by atoms with E-state index in [1.165, 1.54) is 0 Å². The molecule has 1 aliphatic rings. The summed E-state index contributed by atoms with van der Waals surface area (Å²) in [7, 11) is -1.15. The molecule has 0 spiro atoms. The number of amides is 1. The van der Waals surface area contributed by atoms with E-state index in [-0.39, 0.29) is 5.91 Å². The molecule has 1 amide bonds. The maximum atomic E-state index is 11.5. The van der Waals surface area contributed by atoms with Crippen molar-refractivity contribution in [3.8, 4) is 0 Å². The molecule has 0 saturated carbocycles. The first-order chi connectivity index (χ1) is 6.27. The molecule has 2 heterocycles. The van der Waals surface area contributed by atoms with Gasteiger partial charge in [0.2, 0.25) is 5.91 Å². The fourth-order valence-electron chi connectivity index (χ4n) is 1.16. The van der Waals surface area contributed by atoms with E-state index in [1.54, 1.807) is 18.3 Å². The van der Waals surface area contributed by atoms with Crippen molar-refractivity contribution >= 4 is 22.4 Å². The first kappa shape index (κ1) is 8.37. The highest BCUT2D eigenvalue weighted by Crippen LogP contribution is 2.19. The minimum absolute atomic E-state index is 0.0971. The zero-order chi connectivity index (χ0) is 9.26. The van der Waals surface area contributed by atoms with Gasteiger partial charge in [-0.2, -0.15) is 0 Å². The Bertz CT molecular complexity index is 378. The Kier molecular flexibility index (Phi) is 2.10. The minimum Gasteiger partial charge on any atom is -0.324 e. The van der Waals surface area contributed by atoms with Gasteiger partial charge in [0.15, 0.2) is 5.03 Å². The molecule has 1 N–H and O–H groups in total. The van der Waals surface area contributed by atoms with E-state index in [0.717, 1.165) is 0 Å². The number of nitrogens with zero attached hydrogens (tertiary/aromatic N) is 1. The lowest BCUT2D eigenvalue weighted by atomic mass is 10.4. The van der Waals surface area contributed by atoms with E-state index in [2.05, 4.69) is 10.3 Å². The van der Waals surface area contributed by atoms with Crippen molar-refractivity contribution in [2.75, 3.05) is 11.1 Å². The monoisotopic (exact) mass is 196 g/mol. The summed E-state index contributed by atoms with van der Waals surface area (Å²) in [6.45, 7) is 0. The van der Waals surface area contributed by atoms with Crippen LogP contribution < -0.4 is 5.32 Å². The second kappa shape index (κ2) is 3.26. The summed E-state index contributed by atoms with van der Waals surface area (Å²) in [5.74, 6) is 0.260. The second-order valence-corrected chi connectivity index (χ2v) is 4.19. The third-order valence-electron chi connectivity index (χ3n) is 1.78. The van der Waals surface area contributed by atoms with Crippen LogP contribution >= 0.6 is 0 Å². The molecule has 1 aromatic rings. The van der Waals surface area contributed by atoms with Crippen LogP contribution in [0.25, 0.3) is 0 Å². The normalized spacial score (nSPS) is 21.5. The molecule has 1 atom stereocenters. The average molecular weight is 196 g/mol. The molecule has 4 nitrogen and oxygen atoms in total. The molecule has 1 unspecified atom stereocenters. The second-order valence-electron chi connectivity index (χ2n) is 2.70. The van der Waals surface area contributed by atoms with Gasteiger partial charge in [-0.25, -0.2) is 4.98 Å². The number of carbonyl (C=O) groups excluding carboxylic acids is 1. The maximum Gasteiger partial charge on any atom is 0.225 e. The average Bonchev–Trinajstić information content (AvgIpc) is 2.27. The standard InChI is InChI=1S/C8H8N2O2S/c11-7-3-5-13(12)8-6(10-7)2-1-4-9-8/h1-2,4H,3,5H2,(H,10,11). The van der Waals surface area contributed by atoms with Crippen molar-refractivity contribution in [3.63, 3.8) is 0 Å². The molecule has 0 aliphatic carbocycles. The maximum absolute atomic E-state index is 11.5. The lowest BCUT2D eigenvalue weighted by Crippen LogP contribution is -2.10. The topological polar surface area (TPSA) is 59.1 Å². The van der Waals surface area contributed by atoms with Gasteiger partial charge in [0.25, 0.3) is 0 Å². The lowest BCUT2D eigenvalue weighted by molar-refractivity contribution is -0.115. The van der Waals surface area contributed by atoms with Gasteiger partial charge in [-0.1, -0.05) is 0 Å². The van der Waals surface area contributed by atoms with Gasteiger partial charge in [-0.3, -0.25) is 9.00 Å². The van der Waals surface area contributed by atoms with Crippen molar-refractivity contribution < 1.29 is 9.00 Å². The number of rotatable bonds is 0. The quantitative estimate of drug-likeness (QED) is 0.658. The predicted molar refractivity (Wildman–Crippen MR) is 48.8 cm³/mol. The summed E-state index contributed by atoms with van der Waals surface area (Å²) in [6, 6.07) is 3.42. The molecule has 68 valence electrons. The Morgan fingerprint density at radius 2 is 2.38 bits per heavy atom. The van der Waals surface area contributed by atoms with Crippen LogP contribution in [0.3, 0.4) is 0 Å². The number of hydrogen-bond acceptors (Lipinski definition) is 3. The van der Waals surface area contributed by atoms with Gasteiger partial charge in [-0.15, -0.1) is 0 Å². The highest BCUT2D eigenvalue weighted by atomic mass is 32.2. The molecular weight excluding hydrogens is 188 g/mol. The van der Waals surface area contributed by atoms with E-state index < -0.39 is 10.8 Å². The minimum atomic E-state index is -1.15. The van der Waals surface area contributed by atoms with Crippen LogP contribution in [0.5, 0.6) is 0 Å². The zero-order valence-electron chi connectivity index (χ0n) is 6.82. The molecule has 0 radical (unpaired) electrons. The summed E-state index contributed by atoms with van der Waals surface area (Å²) in [4.78, 5) is 15.1. The van der Waals surface area contributed by atoms with Gasteiger partial charge < -0.3 is 5.32 Å². The van der Waals surface area contributed by atoms with Crippen molar-refractivity contribution in [1.29, 1.82) is 0 Å². The summed E-state index contributed by atoms with van der Waals surface area (Å²) in [6.07, 6.45) is 1.87. The number of nitrogens with one attached hydrogen (secondary N) is 1. The summed E-state index contributed by atoms with van der Waals surface area (Å²) in [5.41, 5.74) is 0.573. The van der Waals surface area contributed by atoms with Crippen LogP contribution in [0.15, 0.2) is 23.4 Å². The Labute approximate surface area is 77.8 Å². The lowest BCUT2D eigenvalue weighted by Gasteiger charge is -2.02. The smallest absolute Gasteiger partial charge is 0.225 e. The van der Waals surface area contributed by atoms with Crippen LogP contribution in [-0.4, -0.2) is 20.9 Å². The Hall–Kier alpha value is -1.23. The zero-order valence-corrected chi connectivity index (χ0v) is 7.63. The molecule has 0 fully saturated rings. The van der Waals surface area contributed by atoms with Gasteiger partial charge in [-0.05, 0) is 12.1 Å². The highest BCUT2D eigenvalue weighted by Gasteiger charge is 2.18. The predicted octanol–water partition coefficient (Wildman–Crippen LogP) is 0.531. The van der Waals surface area contributed by atoms with Crippen molar-refractivity contribution in [2.24, 2.45) is 0 Å². The molecule has 1 aliphatic heterocycles. The summed E-state index contributed by atoms with van der Waals surface area (Å²) in [5, 5.41) is 3.14. The Balaban J connectivity index is 2.49. The fraction of sp³-hybridized carbons (Fsp3) is 0.250. The van der Waals surface area contributed by atoms with Gasteiger partial charge in [0.05, 0.1) is 16.5 Å². The van der Waals surface area contributed by atoms with Crippen LogP contribution in [0.2, 0.25) is 0 Å². The fourth-order valence-corrected chi connectivity index (χ4v) is 2.27. The van der Waals surface area contributed by atoms with E-state index in [1.807, 2.05) is 0 Å². The molecule has 13 heavy (non-hydrogen) atoms. The van der Waals surface area contributed by atoms with Crippen molar-refractivity contribution in [2.45, 2.75) is 11.4 Å². The van der Waals surface area contributed by atoms with Crippen LogP contribution in [0.1, 0.15) is 6.42 Å². The van der Waals surface area contributed by atoms with Crippen LogP contribution in [0.4, 0.5) is 5.69 Å². The number of fused-ring (bicyclic) bond motifs is 1. The Morgan fingerprint density at radius 1 is 1.54 bits per heavy atom. The molecule has 5 heteroatoms. The SMILES string of the molecule is O=C1CCS(=O)c2ncccc2N1. The molecule has 0 bridgehead atoms. The third kappa shape index (κ3) is 1.60. The molecule has 1 aromatic heterocycles. The molecular formula is C8H8N2O2S. The number of hydrogen-bond donors (Lipinski definition) is 1. The van der Waals surface area contributed by atoms with Crippen molar-refractivity contribution in [1.82, 2.24) is 4.98 Å². The molecule has 0 saturated heterocycles. The number of anilines is 1. The van der Waals surface area contributed by atoms with E-state index in [9.17, 15) is 9.00 Å². The number of carbonyl (C=O) groups is 1. The Morgan fingerprint density at radius 3 is 3.23 bits per heavy atom. The first-order valence-electron chi connectivity index (χ1n) is 3.90. The van der Waals surface area contributed by atoms with Crippen molar-refractivity contribution in [3.05, 3.63) is 18.3 Å². The summed E-state index contributed by atoms with van der Waals surface area (Å²) < 4.78 is 11.5.